The van der Waals surface area contributed by atoms with Crippen LogP contribution in [-0.4, -0.2) is 5.71 Å². The molecule has 0 aliphatic carbocycles. The standard InChI is InChI=1S/C13H13N3.ClH/c1-11(12-6-5-9-14-10-12)15-16-13-7-3-2-4-8-13;/h2-10,16H,1H3;1H. The molecule has 0 atom stereocenters. The quantitative estimate of drug-likeness (QED) is 0.568. The van der Waals surface area contributed by atoms with E-state index in [4.69, 9.17) is 0 Å². The van der Waals surface area contributed by atoms with Gasteiger partial charge in [0.25, 0.3) is 0 Å². The minimum atomic E-state index is 0. The van der Waals surface area contributed by atoms with Crippen molar-refractivity contribution >= 4 is 11.4 Å². The van der Waals surface area contributed by atoms with Crippen LogP contribution in [0.4, 0.5) is 5.69 Å². The summed E-state index contributed by atoms with van der Waals surface area (Å²) in [5, 5.41) is 4.31. The van der Waals surface area contributed by atoms with Gasteiger partial charge >= 0.3 is 0 Å². The predicted octanol–water partition coefficient (Wildman–Crippen LogP) is -0.659. The summed E-state index contributed by atoms with van der Waals surface area (Å²) in [6.07, 6.45) is 3.80. The third kappa shape index (κ3) is 3.89. The van der Waals surface area contributed by atoms with Gasteiger partial charge in [-0.25, -0.2) is 4.98 Å². The van der Waals surface area contributed by atoms with E-state index in [2.05, 4.69) is 15.5 Å². The van der Waals surface area contributed by atoms with Crippen LogP contribution in [0.2, 0.25) is 0 Å². The molecule has 1 heterocycles. The minimum absolute atomic E-state index is 0. The highest BCUT2D eigenvalue weighted by atomic mass is 35.5. The molecule has 0 fully saturated rings. The first-order chi connectivity index (χ1) is 7.86. The number of hydrogen-bond donors (Lipinski definition) is 1. The topological polar surface area (TPSA) is 38.5 Å². The lowest BCUT2D eigenvalue weighted by Crippen LogP contribution is -3.00. The number of para-hydroxylation sites is 1. The molecule has 0 radical (unpaired) electrons. The molecule has 2 N–H and O–H groups in total. The van der Waals surface area contributed by atoms with Crippen LogP contribution in [0.3, 0.4) is 0 Å². The molecule has 88 valence electrons. The fourth-order valence-corrected chi connectivity index (χ4v) is 1.34. The maximum atomic E-state index is 4.31. The molecule has 0 aliphatic rings. The number of aromatic amines is 1. The molecule has 0 spiro atoms. The number of anilines is 1. The Morgan fingerprint density at radius 1 is 1.12 bits per heavy atom. The Hall–Kier alpha value is -1.87. The molecule has 2 rings (SSSR count). The van der Waals surface area contributed by atoms with E-state index < -0.39 is 0 Å². The summed E-state index contributed by atoms with van der Waals surface area (Å²) in [4.78, 5) is 3.03. The molecule has 0 amide bonds. The number of hydrogen-bond acceptors (Lipinski definition) is 2. The number of nitrogens with zero attached hydrogens (tertiary/aromatic N) is 1. The van der Waals surface area contributed by atoms with Crippen LogP contribution in [0.5, 0.6) is 0 Å². The molecule has 0 unspecified atom stereocenters. The summed E-state index contributed by atoms with van der Waals surface area (Å²) in [6.45, 7) is 1.97. The largest absolute Gasteiger partial charge is 1.00 e. The monoisotopic (exact) mass is 247 g/mol. The summed E-state index contributed by atoms with van der Waals surface area (Å²) in [5.41, 5.74) is 6.02. The second kappa shape index (κ2) is 6.66. The highest BCUT2D eigenvalue weighted by molar-refractivity contribution is 5.98. The number of aromatic nitrogens is 1. The average Bonchev–Trinajstić information content (AvgIpc) is 2.38. The number of H-pyrrole nitrogens is 1. The first-order valence-corrected chi connectivity index (χ1v) is 5.18. The van der Waals surface area contributed by atoms with E-state index >= 15 is 0 Å². The maximum Gasteiger partial charge on any atom is 0.176 e. The lowest BCUT2D eigenvalue weighted by molar-refractivity contribution is -0.378. The highest BCUT2D eigenvalue weighted by Crippen LogP contribution is 2.05. The van der Waals surface area contributed by atoms with Gasteiger partial charge in [0.05, 0.1) is 17.0 Å². The van der Waals surface area contributed by atoms with E-state index in [-0.39, 0.29) is 12.4 Å². The third-order valence-corrected chi connectivity index (χ3v) is 2.25. The molecule has 0 aliphatic heterocycles. The van der Waals surface area contributed by atoms with Crippen LogP contribution in [0.25, 0.3) is 0 Å². The van der Waals surface area contributed by atoms with E-state index in [9.17, 15) is 0 Å². The van der Waals surface area contributed by atoms with E-state index in [0.717, 1.165) is 17.0 Å². The van der Waals surface area contributed by atoms with E-state index in [1.165, 1.54) is 0 Å². The minimum Gasteiger partial charge on any atom is -1.00 e. The van der Waals surface area contributed by atoms with Gasteiger partial charge in [0, 0.05) is 6.07 Å². The third-order valence-electron chi connectivity index (χ3n) is 2.25. The fraction of sp³-hybridized carbons (Fsp3) is 0.0769. The van der Waals surface area contributed by atoms with Crippen molar-refractivity contribution in [3.05, 3.63) is 60.4 Å². The van der Waals surface area contributed by atoms with Crippen molar-refractivity contribution in [2.75, 3.05) is 5.43 Å². The van der Waals surface area contributed by atoms with Gasteiger partial charge in [0.2, 0.25) is 0 Å². The van der Waals surface area contributed by atoms with Gasteiger partial charge < -0.3 is 12.4 Å². The predicted molar refractivity (Wildman–Crippen MR) is 65.3 cm³/mol. The second-order valence-electron chi connectivity index (χ2n) is 3.47. The Labute approximate surface area is 107 Å². The van der Waals surface area contributed by atoms with Crippen LogP contribution in [-0.2, 0) is 0 Å². The van der Waals surface area contributed by atoms with Crippen molar-refractivity contribution in [2.24, 2.45) is 5.10 Å². The van der Waals surface area contributed by atoms with Gasteiger partial charge in [-0.15, -0.1) is 0 Å². The molecule has 0 saturated carbocycles. The molecule has 0 saturated heterocycles. The first kappa shape index (κ1) is 13.2. The molecular weight excluding hydrogens is 234 g/mol. The smallest absolute Gasteiger partial charge is 0.176 e. The SMILES string of the molecule is CC(=NNc1ccccc1)c1ccc[nH+]c1.[Cl-]. The molecule has 0 bridgehead atoms. The van der Waals surface area contributed by atoms with Crippen molar-refractivity contribution in [3.63, 3.8) is 0 Å². The molecule has 2 aromatic rings. The zero-order valence-electron chi connectivity index (χ0n) is 9.52. The Bertz CT molecular complexity index is 469. The van der Waals surface area contributed by atoms with Crippen LogP contribution in [0, 0.1) is 0 Å². The molecule has 4 heteroatoms. The van der Waals surface area contributed by atoms with Crippen LogP contribution < -0.4 is 22.8 Å². The zero-order chi connectivity index (χ0) is 11.2. The maximum absolute atomic E-state index is 4.31. The molecule has 17 heavy (non-hydrogen) atoms. The summed E-state index contributed by atoms with van der Waals surface area (Å²) in [5.74, 6) is 0. The van der Waals surface area contributed by atoms with Gasteiger partial charge in [-0.3, -0.25) is 5.43 Å². The Morgan fingerprint density at radius 2 is 1.88 bits per heavy atom. The first-order valence-electron chi connectivity index (χ1n) is 5.18. The number of pyridine rings is 1. The number of rotatable bonds is 3. The number of halogens is 1. The van der Waals surface area contributed by atoms with Crippen LogP contribution >= 0.6 is 0 Å². The summed E-state index contributed by atoms with van der Waals surface area (Å²) < 4.78 is 0. The Balaban J connectivity index is 0.00000144. The highest BCUT2D eigenvalue weighted by Gasteiger charge is 1.98. The van der Waals surface area contributed by atoms with Gasteiger partial charge in [0.1, 0.15) is 0 Å². The van der Waals surface area contributed by atoms with Gasteiger partial charge in [0.15, 0.2) is 12.4 Å². The lowest BCUT2D eigenvalue weighted by Gasteiger charge is -2.01. The van der Waals surface area contributed by atoms with Crippen molar-refractivity contribution in [1.29, 1.82) is 0 Å². The fourth-order valence-electron chi connectivity index (χ4n) is 1.34. The van der Waals surface area contributed by atoms with Crippen LogP contribution in [0.15, 0.2) is 60.0 Å². The zero-order valence-corrected chi connectivity index (χ0v) is 10.3. The van der Waals surface area contributed by atoms with Crippen molar-refractivity contribution in [3.8, 4) is 0 Å². The molecule has 1 aromatic heterocycles. The normalized spacial score (nSPS) is 10.5. The lowest BCUT2D eigenvalue weighted by atomic mass is 10.2. The molecule has 3 nitrogen and oxygen atoms in total. The Kier molecular flexibility index (Phi) is 5.17. The number of nitrogens with one attached hydrogen (secondary N) is 2. The van der Waals surface area contributed by atoms with Crippen LogP contribution in [0.1, 0.15) is 12.5 Å². The van der Waals surface area contributed by atoms with Crippen molar-refractivity contribution in [1.82, 2.24) is 0 Å². The van der Waals surface area contributed by atoms with Gasteiger partial charge in [-0.1, -0.05) is 18.2 Å². The Morgan fingerprint density at radius 3 is 2.53 bits per heavy atom. The summed E-state index contributed by atoms with van der Waals surface area (Å²) >= 11 is 0. The van der Waals surface area contributed by atoms with Gasteiger partial charge in [-0.2, -0.15) is 5.10 Å². The number of hydrazone groups is 1. The van der Waals surface area contributed by atoms with E-state index in [1.54, 1.807) is 0 Å². The second-order valence-corrected chi connectivity index (χ2v) is 3.47. The average molecular weight is 248 g/mol. The summed E-state index contributed by atoms with van der Waals surface area (Å²) in [6, 6.07) is 13.9. The van der Waals surface area contributed by atoms with Gasteiger partial charge in [-0.05, 0) is 25.1 Å². The molecular formula is C13H14ClN3. The van der Waals surface area contributed by atoms with Crippen molar-refractivity contribution in [2.45, 2.75) is 6.92 Å². The number of benzene rings is 1. The molecule has 1 aromatic carbocycles. The van der Waals surface area contributed by atoms with Crippen molar-refractivity contribution < 1.29 is 17.4 Å². The summed E-state index contributed by atoms with van der Waals surface area (Å²) in [7, 11) is 0. The van der Waals surface area contributed by atoms with E-state index in [0.29, 0.717) is 0 Å². The van der Waals surface area contributed by atoms with E-state index in [1.807, 2.05) is 61.8 Å².